The van der Waals surface area contributed by atoms with E-state index in [2.05, 4.69) is 10.3 Å². The molecule has 1 saturated heterocycles. The summed E-state index contributed by atoms with van der Waals surface area (Å²) >= 11 is 0. The Kier molecular flexibility index (Phi) is 3.66. The van der Waals surface area contributed by atoms with Crippen LogP contribution in [-0.4, -0.2) is 51.7 Å². The number of carbonyl (C=O) groups excluding carboxylic acids is 2. The minimum Gasteiger partial charge on any atom is -0.461 e. The normalized spacial score (nSPS) is 21.1. The molecule has 0 unspecified atom stereocenters. The maximum Gasteiger partial charge on any atom is 0.411 e. The molecule has 8 heteroatoms. The molecule has 0 spiro atoms. The van der Waals surface area contributed by atoms with Crippen LogP contribution in [0.5, 0.6) is 0 Å². The molecule has 1 aromatic heterocycles. The molecule has 0 aliphatic carbocycles. The standard InChI is InChI=1S/C14H16N4O4/c1-9(19)22-10-7-13(17(8-10)14(20)21-2)18-12-6-4-3-5-11(12)15-16-18/h3-6,10,13H,7-8H2,1-2H3/t10-,13+/m1/s1. The number of hydrogen-bond acceptors (Lipinski definition) is 6. The number of rotatable bonds is 2. The van der Waals surface area contributed by atoms with Gasteiger partial charge < -0.3 is 9.47 Å². The summed E-state index contributed by atoms with van der Waals surface area (Å²) in [5.41, 5.74) is 1.55. The van der Waals surface area contributed by atoms with E-state index in [1.807, 2.05) is 24.3 Å². The van der Waals surface area contributed by atoms with Gasteiger partial charge in [0.25, 0.3) is 0 Å². The van der Waals surface area contributed by atoms with Crippen LogP contribution in [0.1, 0.15) is 19.5 Å². The van der Waals surface area contributed by atoms with Crippen LogP contribution in [0.15, 0.2) is 24.3 Å². The number of esters is 1. The quantitative estimate of drug-likeness (QED) is 0.778. The molecule has 3 rings (SSSR count). The Bertz CT molecular complexity index is 714. The molecule has 1 aliphatic heterocycles. The number of aromatic nitrogens is 3. The number of likely N-dealkylation sites (tertiary alicyclic amines) is 1. The van der Waals surface area contributed by atoms with Gasteiger partial charge in [0.15, 0.2) is 0 Å². The predicted octanol–water partition coefficient (Wildman–Crippen LogP) is 1.33. The van der Waals surface area contributed by atoms with Gasteiger partial charge in [-0.25, -0.2) is 9.48 Å². The highest BCUT2D eigenvalue weighted by molar-refractivity contribution is 5.74. The maximum atomic E-state index is 12.0. The third-order valence-corrected chi connectivity index (χ3v) is 3.64. The third-order valence-electron chi connectivity index (χ3n) is 3.64. The number of amides is 1. The van der Waals surface area contributed by atoms with E-state index in [-0.39, 0.29) is 18.6 Å². The summed E-state index contributed by atoms with van der Waals surface area (Å²) in [4.78, 5) is 24.6. The van der Waals surface area contributed by atoms with E-state index in [0.717, 1.165) is 11.0 Å². The highest BCUT2D eigenvalue weighted by atomic mass is 16.6. The average Bonchev–Trinajstić information content (AvgIpc) is 3.09. The van der Waals surface area contributed by atoms with Crippen molar-refractivity contribution in [3.63, 3.8) is 0 Å². The zero-order valence-corrected chi connectivity index (χ0v) is 12.3. The molecule has 1 fully saturated rings. The van der Waals surface area contributed by atoms with E-state index < -0.39 is 12.3 Å². The van der Waals surface area contributed by atoms with Crippen LogP contribution in [0.3, 0.4) is 0 Å². The summed E-state index contributed by atoms with van der Waals surface area (Å²) in [5, 5.41) is 8.23. The van der Waals surface area contributed by atoms with Gasteiger partial charge in [-0.15, -0.1) is 5.10 Å². The highest BCUT2D eigenvalue weighted by Crippen LogP contribution is 2.31. The summed E-state index contributed by atoms with van der Waals surface area (Å²) in [6.07, 6.45) is -0.824. The van der Waals surface area contributed by atoms with Crippen LogP contribution in [0.2, 0.25) is 0 Å². The largest absolute Gasteiger partial charge is 0.461 e. The fraction of sp³-hybridized carbons (Fsp3) is 0.429. The van der Waals surface area contributed by atoms with Crippen molar-refractivity contribution < 1.29 is 19.1 Å². The summed E-state index contributed by atoms with van der Waals surface area (Å²) < 4.78 is 11.7. The highest BCUT2D eigenvalue weighted by Gasteiger charge is 2.40. The molecular weight excluding hydrogens is 288 g/mol. The number of carbonyl (C=O) groups is 2. The molecule has 2 heterocycles. The minimum atomic E-state index is -0.487. The van der Waals surface area contributed by atoms with Gasteiger partial charge in [-0.1, -0.05) is 17.3 Å². The van der Waals surface area contributed by atoms with Gasteiger partial charge in [0.1, 0.15) is 17.8 Å². The van der Waals surface area contributed by atoms with Crippen LogP contribution in [-0.2, 0) is 14.3 Å². The van der Waals surface area contributed by atoms with E-state index in [1.165, 1.54) is 18.9 Å². The van der Waals surface area contributed by atoms with Crippen molar-refractivity contribution >= 4 is 23.1 Å². The predicted molar refractivity (Wildman–Crippen MR) is 75.8 cm³/mol. The van der Waals surface area contributed by atoms with Gasteiger partial charge in [-0.05, 0) is 12.1 Å². The van der Waals surface area contributed by atoms with Gasteiger partial charge in [0.05, 0.1) is 19.2 Å². The fourth-order valence-electron chi connectivity index (χ4n) is 2.75. The Balaban J connectivity index is 1.95. The lowest BCUT2D eigenvalue weighted by Crippen LogP contribution is -2.34. The second-order valence-corrected chi connectivity index (χ2v) is 5.09. The maximum absolute atomic E-state index is 12.0. The smallest absolute Gasteiger partial charge is 0.411 e. The summed E-state index contributed by atoms with van der Waals surface area (Å²) in [7, 11) is 1.32. The molecule has 1 aliphatic rings. The molecule has 22 heavy (non-hydrogen) atoms. The average molecular weight is 304 g/mol. The van der Waals surface area contributed by atoms with Gasteiger partial charge >= 0.3 is 12.1 Å². The van der Waals surface area contributed by atoms with Crippen LogP contribution >= 0.6 is 0 Å². The van der Waals surface area contributed by atoms with Crippen LogP contribution in [0.25, 0.3) is 11.0 Å². The number of methoxy groups -OCH3 is 1. The topological polar surface area (TPSA) is 86.5 Å². The number of nitrogens with zero attached hydrogens (tertiary/aromatic N) is 4. The van der Waals surface area contributed by atoms with Crippen molar-refractivity contribution in [2.75, 3.05) is 13.7 Å². The van der Waals surface area contributed by atoms with E-state index in [9.17, 15) is 9.59 Å². The summed E-state index contributed by atoms with van der Waals surface area (Å²) in [5.74, 6) is -0.376. The van der Waals surface area contributed by atoms with E-state index in [1.54, 1.807) is 4.68 Å². The van der Waals surface area contributed by atoms with Gasteiger partial charge in [-0.3, -0.25) is 9.69 Å². The molecular formula is C14H16N4O4. The first kappa shape index (κ1) is 14.3. The molecule has 1 amide bonds. The van der Waals surface area contributed by atoms with E-state index in [0.29, 0.717) is 6.42 Å². The molecule has 2 aromatic rings. The first-order valence-corrected chi connectivity index (χ1v) is 6.92. The molecule has 8 nitrogen and oxygen atoms in total. The van der Waals surface area contributed by atoms with Crippen molar-refractivity contribution in [1.82, 2.24) is 19.9 Å². The lowest BCUT2D eigenvalue weighted by molar-refractivity contribution is -0.145. The molecule has 0 bridgehead atoms. The van der Waals surface area contributed by atoms with Crippen molar-refractivity contribution in [1.29, 1.82) is 0 Å². The third kappa shape index (κ3) is 2.47. The number of benzene rings is 1. The first-order valence-electron chi connectivity index (χ1n) is 6.92. The molecule has 1 aromatic carbocycles. The second kappa shape index (κ2) is 5.63. The number of ether oxygens (including phenoxy) is 2. The SMILES string of the molecule is COC(=O)N1C[C@H](OC(C)=O)C[C@@H]1n1nnc2ccccc21. The van der Waals surface area contributed by atoms with Crippen molar-refractivity contribution in [2.24, 2.45) is 0 Å². The van der Waals surface area contributed by atoms with Gasteiger partial charge in [0.2, 0.25) is 0 Å². The zero-order valence-electron chi connectivity index (χ0n) is 12.3. The summed E-state index contributed by atoms with van der Waals surface area (Å²) in [6.45, 7) is 1.62. The van der Waals surface area contributed by atoms with Gasteiger partial charge in [0, 0.05) is 13.3 Å². The lowest BCUT2D eigenvalue weighted by atomic mass is 10.2. The fourth-order valence-corrected chi connectivity index (χ4v) is 2.75. The molecule has 0 saturated carbocycles. The van der Waals surface area contributed by atoms with Crippen molar-refractivity contribution in [3.05, 3.63) is 24.3 Å². The number of hydrogen-bond donors (Lipinski definition) is 0. The number of fused-ring (bicyclic) bond motifs is 1. The number of para-hydroxylation sites is 1. The molecule has 2 atom stereocenters. The lowest BCUT2D eigenvalue weighted by Gasteiger charge is -2.22. The van der Waals surface area contributed by atoms with Crippen molar-refractivity contribution in [2.45, 2.75) is 25.6 Å². The zero-order chi connectivity index (χ0) is 15.7. The van der Waals surface area contributed by atoms with Gasteiger partial charge in [-0.2, -0.15) is 0 Å². The van der Waals surface area contributed by atoms with Crippen LogP contribution in [0, 0.1) is 0 Å². The summed E-state index contributed by atoms with van der Waals surface area (Å²) in [6, 6.07) is 7.47. The Morgan fingerprint density at radius 2 is 2.09 bits per heavy atom. The van der Waals surface area contributed by atoms with E-state index in [4.69, 9.17) is 9.47 Å². The van der Waals surface area contributed by atoms with Crippen LogP contribution in [0.4, 0.5) is 4.79 Å². The Morgan fingerprint density at radius 1 is 1.32 bits per heavy atom. The van der Waals surface area contributed by atoms with Crippen molar-refractivity contribution in [3.8, 4) is 0 Å². The molecule has 0 radical (unpaired) electrons. The Morgan fingerprint density at radius 3 is 2.82 bits per heavy atom. The Hall–Kier alpha value is -2.64. The Labute approximate surface area is 126 Å². The minimum absolute atomic E-state index is 0.269. The monoisotopic (exact) mass is 304 g/mol. The molecule has 0 N–H and O–H groups in total. The first-order chi connectivity index (χ1) is 10.6. The molecule has 116 valence electrons. The van der Waals surface area contributed by atoms with E-state index >= 15 is 0 Å². The second-order valence-electron chi connectivity index (χ2n) is 5.09. The van der Waals surface area contributed by atoms with Crippen LogP contribution < -0.4 is 0 Å².